The monoisotopic (exact) mass is 556 g/mol. The van der Waals surface area contributed by atoms with Crippen molar-refractivity contribution in [2.45, 2.75) is 47.0 Å². The van der Waals surface area contributed by atoms with Gasteiger partial charge in [-0.25, -0.2) is 0 Å². The van der Waals surface area contributed by atoms with E-state index >= 15 is 0 Å². The molecule has 0 aromatic heterocycles. The van der Waals surface area contributed by atoms with Crippen LogP contribution < -0.4 is 18.9 Å². The Hall–Kier alpha value is -4.41. The Morgan fingerprint density at radius 3 is 1.77 bits per heavy atom. The van der Waals surface area contributed by atoms with Crippen LogP contribution in [0.3, 0.4) is 0 Å². The van der Waals surface area contributed by atoms with Crippen molar-refractivity contribution in [2.75, 3.05) is 20.3 Å². The molecular weight excluding hydrogens is 524 g/mol. The van der Waals surface area contributed by atoms with Crippen molar-refractivity contribution in [1.29, 1.82) is 0 Å². The van der Waals surface area contributed by atoms with Crippen molar-refractivity contribution in [1.82, 2.24) is 0 Å². The first kappa shape index (κ1) is 30.1. The highest BCUT2D eigenvalue weighted by atomic mass is 16.6. The lowest BCUT2D eigenvalue weighted by Crippen LogP contribution is -2.37. The predicted octanol–water partition coefficient (Wildman–Crippen LogP) is 3.52. The average molecular weight is 557 g/mol. The third-order valence-corrected chi connectivity index (χ3v) is 6.34. The predicted molar refractivity (Wildman–Crippen MR) is 139 cm³/mol. The maximum absolute atomic E-state index is 11.9. The minimum absolute atomic E-state index is 0.0174. The minimum atomic E-state index is -0.624. The highest BCUT2D eigenvalue weighted by molar-refractivity contribution is 5.74. The molecule has 11 nitrogen and oxygen atoms in total. The van der Waals surface area contributed by atoms with Crippen molar-refractivity contribution in [2.24, 2.45) is 11.8 Å². The van der Waals surface area contributed by atoms with E-state index in [4.69, 9.17) is 28.4 Å². The second-order valence-electron chi connectivity index (χ2n) is 9.40. The summed E-state index contributed by atoms with van der Waals surface area (Å²) in [5, 5.41) is 0. The van der Waals surface area contributed by atoms with E-state index in [2.05, 4.69) is 0 Å². The highest BCUT2D eigenvalue weighted by Gasteiger charge is 2.40. The second-order valence-corrected chi connectivity index (χ2v) is 9.40. The Bertz CT molecular complexity index is 1310. The van der Waals surface area contributed by atoms with Gasteiger partial charge in [0.1, 0.15) is 0 Å². The molecule has 3 atom stereocenters. The van der Waals surface area contributed by atoms with E-state index in [9.17, 15) is 24.0 Å². The zero-order valence-corrected chi connectivity index (χ0v) is 23.2. The third-order valence-electron chi connectivity index (χ3n) is 6.34. The first-order valence-corrected chi connectivity index (χ1v) is 12.6. The SMILES string of the molecule is COc1cc2c(cc1OC(C)=O)[C@H](c1ccc(OC(C)=O)c(OC(C)=O)c1)[C@@H](COC(C)=O)[C@H](COC(C)=O)C2. The Labute approximate surface area is 231 Å². The Morgan fingerprint density at radius 1 is 0.675 bits per heavy atom. The quantitative estimate of drug-likeness (QED) is 0.331. The summed E-state index contributed by atoms with van der Waals surface area (Å²) in [5.74, 6) is -3.36. The van der Waals surface area contributed by atoms with E-state index in [1.54, 1.807) is 24.3 Å². The number of benzene rings is 2. The largest absolute Gasteiger partial charge is 0.493 e. The number of rotatable bonds is 9. The zero-order valence-electron chi connectivity index (χ0n) is 23.2. The van der Waals surface area contributed by atoms with Gasteiger partial charge in [0.15, 0.2) is 23.0 Å². The molecule has 0 unspecified atom stereocenters. The van der Waals surface area contributed by atoms with Crippen LogP contribution >= 0.6 is 0 Å². The summed E-state index contributed by atoms with van der Waals surface area (Å²) in [5.41, 5.74) is 2.19. The minimum Gasteiger partial charge on any atom is -0.493 e. The van der Waals surface area contributed by atoms with Gasteiger partial charge in [0.2, 0.25) is 0 Å². The summed E-state index contributed by atoms with van der Waals surface area (Å²) in [7, 11) is 1.45. The number of ether oxygens (including phenoxy) is 6. The first-order chi connectivity index (χ1) is 18.9. The van der Waals surface area contributed by atoms with Gasteiger partial charge in [-0.15, -0.1) is 0 Å². The fraction of sp³-hybridized carbons (Fsp3) is 0.414. The van der Waals surface area contributed by atoms with Crippen LogP contribution in [0.2, 0.25) is 0 Å². The molecule has 0 bridgehead atoms. The van der Waals surface area contributed by atoms with E-state index < -0.39 is 41.7 Å². The molecule has 1 aliphatic rings. The molecule has 11 heteroatoms. The number of hydrogen-bond acceptors (Lipinski definition) is 11. The van der Waals surface area contributed by atoms with Gasteiger partial charge in [-0.05, 0) is 47.4 Å². The van der Waals surface area contributed by atoms with Crippen LogP contribution in [-0.2, 0) is 39.9 Å². The molecule has 0 spiro atoms. The summed E-state index contributed by atoms with van der Waals surface area (Å²) in [4.78, 5) is 58.9. The van der Waals surface area contributed by atoms with Gasteiger partial charge in [-0.3, -0.25) is 24.0 Å². The number of esters is 5. The standard InChI is InChI=1S/C29H32O11/c1-15(30)36-13-22-9-21-11-26(35-6)28(40-19(5)34)12-23(21)29(24(22)14-37-16(2)31)20-7-8-25(38-17(3)32)27(10-20)39-18(4)33/h7-8,10-12,22,24,29H,9,13-14H2,1-6H3/t22-,24-,29-/m0/s1. The third kappa shape index (κ3) is 7.58. The van der Waals surface area contributed by atoms with Crippen LogP contribution in [0.4, 0.5) is 0 Å². The first-order valence-electron chi connectivity index (χ1n) is 12.6. The lowest BCUT2D eigenvalue weighted by Gasteiger charge is -2.40. The molecular formula is C29H32O11. The fourth-order valence-electron chi connectivity index (χ4n) is 4.89. The Balaban J connectivity index is 2.26. The highest BCUT2D eigenvalue weighted by Crippen LogP contribution is 2.48. The van der Waals surface area contributed by atoms with Crippen LogP contribution in [0.5, 0.6) is 23.0 Å². The molecule has 1 aliphatic carbocycles. The molecule has 3 rings (SSSR count). The van der Waals surface area contributed by atoms with Crippen LogP contribution in [0.15, 0.2) is 30.3 Å². The lowest BCUT2D eigenvalue weighted by atomic mass is 9.66. The summed E-state index contributed by atoms with van der Waals surface area (Å²) < 4.78 is 32.3. The van der Waals surface area contributed by atoms with Gasteiger partial charge in [0, 0.05) is 52.4 Å². The second kappa shape index (κ2) is 13.1. The maximum Gasteiger partial charge on any atom is 0.308 e. The molecule has 2 aromatic carbocycles. The molecule has 0 fully saturated rings. The Kier molecular flexibility index (Phi) is 9.87. The normalized spacial score (nSPS) is 17.6. The molecule has 0 N–H and O–H groups in total. The summed E-state index contributed by atoms with van der Waals surface area (Å²) in [6.45, 7) is 6.35. The van der Waals surface area contributed by atoms with Crippen molar-refractivity contribution in [3.8, 4) is 23.0 Å². The van der Waals surface area contributed by atoms with Crippen molar-refractivity contribution >= 4 is 29.8 Å². The Morgan fingerprint density at radius 2 is 1.23 bits per heavy atom. The van der Waals surface area contributed by atoms with Crippen LogP contribution in [0.25, 0.3) is 0 Å². The van der Waals surface area contributed by atoms with Gasteiger partial charge in [-0.2, -0.15) is 0 Å². The molecule has 0 heterocycles. The van der Waals surface area contributed by atoms with Crippen molar-refractivity contribution in [3.63, 3.8) is 0 Å². The van der Waals surface area contributed by atoms with Crippen LogP contribution in [-0.4, -0.2) is 50.2 Å². The topological polar surface area (TPSA) is 141 Å². The molecule has 2 aromatic rings. The summed E-state index contributed by atoms with van der Waals surface area (Å²) >= 11 is 0. The van der Waals surface area contributed by atoms with Gasteiger partial charge < -0.3 is 28.4 Å². The van der Waals surface area contributed by atoms with E-state index in [0.717, 1.165) is 11.1 Å². The van der Waals surface area contributed by atoms with E-state index in [0.29, 0.717) is 17.7 Å². The van der Waals surface area contributed by atoms with Crippen LogP contribution in [0.1, 0.15) is 57.2 Å². The van der Waals surface area contributed by atoms with E-state index in [1.165, 1.54) is 47.8 Å². The van der Waals surface area contributed by atoms with E-state index in [-0.39, 0.29) is 36.4 Å². The van der Waals surface area contributed by atoms with Gasteiger partial charge >= 0.3 is 29.8 Å². The van der Waals surface area contributed by atoms with Crippen molar-refractivity contribution < 1.29 is 52.4 Å². The van der Waals surface area contributed by atoms with Crippen molar-refractivity contribution in [3.05, 3.63) is 47.0 Å². The average Bonchev–Trinajstić information content (AvgIpc) is 2.85. The van der Waals surface area contributed by atoms with Gasteiger partial charge in [0.25, 0.3) is 0 Å². The summed E-state index contributed by atoms with van der Waals surface area (Å²) in [6, 6.07) is 8.21. The number of carbonyl (C=O) groups excluding carboxylic acids is 5. The molecule has 40 heavy (non-hydrogen) atoms. The van der Waals surface area contributed by atoms with Crippen LogP contribution in [0, 0.1) is 11.8 Å². The summed E-state index contributed by atoms with van der Waals surface area (Å²) in [6.07, 6.45) is 0.435. The molecule has 0 saturated carbocycles. The smallest absolute Gasteiger partial charge is 0.308 e. The number of methoxy groups -OCH3 is 1. The molecule has 214 valence electrons. The zero-order chi connectivity index (χ0) is 29.6. The maximum atomic E-state index is 11.9. The molecule has 0 amide bonds. The number of carbonyl (C=O) groups is 5. The lowest BCUT2D eigenvalue weighted by molar-refractivity contribution is -0.147. The van der Waals surface area contributed by atoms with Gasteiger partial charge in [0.05, 0.1) is 20.3 Å². The molecule has 0 aliphatic heterocycles. The molecule has 0 saturated heterocycles. The van der Waals surface area contributed by atoms with E-state index in [1.807, 2.05) is 0 Å². The number of hydrogen-bond donors (Lipinski definition) is 0. The number of fused-ring (bicyclic) bond motifs is 1. The molecule has 0 radical (unpaired) electrons. The van der Waals surface area contributed by atoms with Gasteiger partial charge in [-0.1, -0.05) is 6.07 Å². The fourth-order valence-corrected chi connectivity index (χ4v) is 4.89.